The Hall–Kier alpha value is -1.69. The van der Waals surface area contributed by atoms with Crippen molar-refractivity contribution in [2.45, 2.75) is 20.4 Å². The summed E-state index contributed by atoms with van der Waals surface area (Å²) in [5.74, 6) is 1.53. The molecule has 0 aliphatic heterocycles. The van der Waals surface area contributed by atoms with E-state index in [4.69, 9.17) is 0 Å². The normalized spacial score (nSPS) is 10.5. The van der Waals surface area contributed by atoms with Gasteiger partial charge < -0.3 is 10.6 Å². The molecule has 1 aromatic heterocycles. The number of carbonyl (C=O) groups is 1. The fraction of sp³-hybridized carbons (Fsp3) is 0.583. The van der Waals surface area contributed by atoms with Gasteiger partial charge in [-0.25, -0.2) is 9.97 Å². The summed E-state index contributed by atoms with van der Waals surface area (Å²) in [5.41, 5.74) is 0.921. The summed E-state index contributed by atoms with van der Waals surface area (Å²) in [6.07, 6.45) is 0. The molecular formula is C12H21N5O. The lowest BCUT2D eigenvalue weighted by atomic mass is 10.4. The van der Waals surface area contributed by atoms with E-state index in [0.717, 1.165) is 23.9 Å². The van der Waals surface area contributed by atoms with E-state index in [-0.39, 0.29) is 5.91 Å². The molecule has 6 heteroatoms. The van der Waals surface area contributed by atoms with Gasteiger partial charge in [0.1, 0.15) is 11.6 Å². The molecule has 0 saturated heterocycles. The topological polar surface area (TPSA) is 70.2 Å². The Bertz CT molecular complexity index is 407. The first kappa shape index (κ1) is 14.4. The summed E-state index contributed by atoms with van der Waals surface area (Å²) in [6.45, 7) is 5.67. The molecule has 0 unspecified atom stereocenters. The van der Waals surface area contributed by atoms with E-state index in [1.807, 2.05) is 31.9 Å². The number of rotatable bonds is 6. The summed E-state index contributed by atoms with van der Waals surface area (Å²) in [4.78, 5) is 21.9. The first-order valence-corrected chi connectivity index (χ1v) is 6.02. The van der Waals surface area contributed by atoms with Crippen LogP contribution < -0.4 is 10.6 Å². The predicted octanol–water partition coefficient (Wildman–Crippen LogP) is 0.395. The molecular weight excluding hydrogens is 230 g/mol. The van der Waals surface area contributed by atoms with Gasteiger partial charge in [-0.05, 0) is 20.9 Å². The van der Waals surface area contributed by atoms with Crippen molar-refractivity contribution >= 4 is 11.7 Å². The number of carbonyl (C=O) groups excluding carboxylic acids is 1. The molecule has 2 N–H and O–H groups in total. The molecule has 0 radical (unpaired) electrons. The molecule has 1 heterocycles. The number of nitrogens with zero attached hydrogens (tertiary/aromatic N) is 3. The maximum absolute atomic E-state index is 11.2. The number of nitrogens with one attached hydrogen (secondary N) is 2. The molecule has 0 aliphatic rings. The molecule has 100 valence electrons. The van der Waals surface area contributed by atoms with E-state index in [1.54, 1.807) is 7.05 Å². The minimum absolute atomic E-state index is 0.0166. The van der Waals surface area contributed by atoms with Crippen molar-refractivity contribution in [3.8, 4) is 0 Å². The summed E-state index contributed by atoms with van der Waals surface area (Å²) < 4.78 is 0. The van der Waals surface area contributed by atoms with Gasteiger partial charge in [-0.3, -0.25) is 9.69 Å². The second-order valence-corrected chi connectivity index (χ2v) is 4.19. The number of hydrogen-bond donors (Lipinski definition) is 2. The standard InChI is InChI=1S/C12H21N5O/c1-5-14-10-6-9(2)15-11(16-10)7-17(4)8-12(18)13-3/h6H,5,7-8H2,1-4H3,(H,13,18)(H,14,15,16). The Morgan fingerprint density at radius 1 is 1.44 bits per heavy atom. The molecule has 18 heavy (non-hydrogen) atoms. The van der Waals surface area contributed by atoms with Gasteiger partial charge >= 0.3 is 0 Å². The molecule has 0 bridgehead atoms. The largest absolute Gasteiger partial charge is 0.370 e. The average molecular weight is 251 g/mol. The summed E-state index contributed by atoms with van der Waals surface area (Å²) >= 11 is 0. The molecule has 0 atom stereocenters. The lowest BCUT2D eigenvalue weighted by Gasteiger charge is -2.15. The highest BCUT2D eigenvalue weighted by molar-refractivity contribution is 5.77. The van der Waals surface area contributed by atoms with Gasteiger partial charge in [-0.15, -0.1) is 0 Å². The first-order valence-electron chi connectivity index (χ1n) is 6.02. The molecule has 0 spiro atoms. The fourth-order valence-electron chi connectivity index (χ4n) is 1.59. The van der Waals surface area contributed by atoms with Crippen LogP contribution in [-0.4, -0.2) is 48.0 Å². The van der Waals surface area contributed by atoms with Gasteiger partial charge in [0.2, 0.25) is 5.91 Å². The third-order valence-corrected chi connectivity index (χ3v) is 2.36. The van der Waals surface area contributed by atoms with Crippen molar-refractivity contribution in [3.63, 3.8) is 0 Å². The average Bonchev–Trinajstić information content (AvgIpc) is 2.28. The third-order valence-electron chi connectivity index (χ3n) is 2.36. The van der Waals surface area contributed by atoms with Crippen LogP contribution in [0, 0.1) is 6.92 Å². The van der Waals surface area contributed by atoms with E-state index in [9.17, 15) is 4.79 Å². The molecule has 1 rings (SSSR count). The van der Waals surface area contributed by atoms with Crippen LogP contribution >= 0.6 is 0 Å². The Balaban J connectivity index is 2.68. The zero-order valence-corrected chi connectivity index (χ0v) is 11.4. The molecule has 1 amide bonds. The highest BCUT2D eigenvalue weighted by atomic mass is 16.1. The quantitative estimate of drug-likeness (QED) is 0.765. The Morgan fingerprint density at radius 3 is 2.78 bits per heavy atom. The highest BCUT2D eigenvalue weighted by Crippen LogP contribution is 2.07. The van der Waals surface area contributed by atoms with E-state index < -0.39 is 0 Å². The zero-order valence-electron chi connectivity index (χ0n) is 11.4. The lowest BCUT2D eigenvalue weighted by Crippen LogP contribution is -2.33. The van der Waals surface area contributed by atoms with Crippen molar-refractivity contribution < 1.29 is 4.79 Å². The molecule has 6 nitrogen and oxygen atoms in total. The van der Waals surface area contributed by atoms with Crippen LogP contribution in [0.4, 0.5) is 5.82 Å². The number of hydrogen-bond acceptors (Lipinski definition) is 5. The zero-order chi connectivity index (χ0) is 13.5. The van der Waals surface area contributed by atoms with Gasteiger partial charge in [0.25, 0.3) is 0 Å². The lowest BCUT2D eigenvalue weighted by molar-refractivity contribution is -0.121. The minimum atomic E-state index is -0.0166. The maximum Gasteiger partial charge on any atom is 0.233 e. The van der Waals surface area contributed by atoms with Crippen LogP contribution in [0.3, 0.4) is 0 Å². The predicted molar refractivity (Wildman–Crippen MR) is 71.3 cm³/mol. The van der Waals surface area contributed by atoms with Crippen LogP contribution in [0.1, 0.15) is 18.4 Å². The van der Waals surface area contributed by atoms with Gasteiger partial charge in [0.05, 0.1) is 13.1 Å². The maximum atomic E-state index is 11.2. The van der Waals surface area contributed by atoms with Crippen molar-refractivity contribution in [1.29, 1.82) is 0 Å². The summed E-state index contributed by atoms with van der Waals surface area (Å²) in [6, 6.07) is 1.91. The number of amides is 1. The van der Waals surface area contributed by atoms with Crippen molar-refractivity contribution in [2.24, 2.45) is 0 Å². The van der Waals surface area contributed by atoms with Gasteiger partial charge in [0, 0.05) is 25.4 Å². The van der Waals surface area contributed by atoms with Crippen molar-refractivity contribution in [1.82, 2.24) is 20.2 Å². The third kappa shape index (κ3) is 4.67. The van der Waals surface area contributed by atoms with Crippen molar-refractivity contribution in [3.05, 3.63) is 17.6 Å². The Kier molecular flexibility index (Phi) is 5.51. The molecule has 0 saturated carbocycles. The number of aryl methyl sites for hydroxylation is 1. The van der Waals surface area contributed by atoms with Gasteiger partial charge in [-0.2, -0.15) is 0 Å². The van der Waals surface area contributed by atoms with Crippen LogP contribution in [0.25, 0.3) is 0 Å². The van der Waals surface area contributed by atoms with E-state index >= 15 is 0 Å². The second kappa shape index (κ2) is 6.90. The Labute approximate surface area is 108 Å². The summed E-state index contributed by atoms with van der Waals surface area (Å²) in [7, 11) is 3.50. The minimum Gasteiger partial charge on any atom is -0.370 e. The van der Waals surface area contributed by atoms with Crippen LogP contribution in [0.2, 0.25) is 0 Å². The fourth-order valence-corrected chi connectivity index (χ4v) is 1.59. The molecule has 0 aliphatic carbocycles. The SMILES string of the molecule is CCNc1cc(C)nc(CN(C)CC(=O)NC)n1. The van der Waals surface area contributed by atoms with E-state index in [0.29, 0.717) is 13.1 Å². The monoisotopic (exact) mass is 251 g/mol. The van der Waals surface area contributed by atoms with Gasteiger partial charge in [0.15, 0.2) is 0 Å². The Morgan fingerprint density at radius 2 is 2.17 bits per heavy atom. The molecule has 1 aromatic rings. The van der Waals surface area contributed by atoms with Gasteiger partial charge in [-0.1, -0.05) is 0 Å². The number of aromatic nitrogens is 2. The number of likely N-dealkylation sites (N-methyl/N-ethyl adjacent to an activating group) is 2. The highest BCUT2D eigenvalue weighted by Gasteiger charge is 2.08. The van der Waals surface area contributed by atoms with E-state index in [2.05, 4.69) is 20.6 Å². The van der Waals surface area contributed by atoms with Crippen molar-refractivity contribution in [2.75, 3.05) is 32.5 Å². The van der Waals surface area contributed by atoms with Crippen LogP contribution in [0.15, 0.2) is 6.07 Å². The van der Waals surface area contributed by atoms with Crippen LogP contribution in [0.5, 0.6) is 0 Å². The second-order valence-electron chi connectivity index (χ2n) is 4.19. The molecule has 0 fully saturated rings. The van der Waals surface area contributed by atoms with Crippen LogP contribution in [-0.2, 0) is 11.3 Å². The first-order chi connectivity index (χ1) is 8.55. The smallest absolute Gasteiger partial charge is 0.233 e. The number of anilines is 1. The summed E-state index contributed by atoms with van der Waals surface area (Å²) in [5, 5.41) is 5.76. The van der Waals surface area contributed by atoms with E-state index in [1.165, 1.54) is 0 Å². The molecule has 0 aromatic carbocycles.